The van der Waals surface area contributed by atoms with Gasteiger partial charge in [-0.25, -0.2) is 9.18 Å². The van der Waals surface area contributed by atoms with Gasteiger partial charge in [-0.1, -0.05) is 15.9 Å². The number of benzene rings is 1. The average molecular weight is 275 g/mol. The summed E-state index contributed by atoms with van der Waals surface area (Å²) in [5.41, 5.74) is 0. The highest BCUT2D eigenvalue weighted by atomic mass is 79.9. The van der Waals surface area contributed by atoms with Gasteiger partial charge in [-0.05, 0) is 18.2 Å². The number of carboxylic acid groups (broad SMARTS) is 1. The molecular formula is C9H4BrFO2S. The lowest BCUT2D eigenvalue weighted by Gasteiger charge is -1.89. The van der Waals surface area contributed by atoms with Crippen molar-refractivity contribution < 1.29 is 14.3 Å². The van der Waals surface area contributed by atoms with E-state index in [0.29, 0.717) is 10.1 Å². The highest BCUT2D eigenvalue weighted by Crippen LogP contribution is 2.31. The molecule has 2 nitrogen and oxygen atoms in total. The van der Waals surface area contributed by atoms with Crippen LogP contribution in [0.15, 0.2) is 22.7 Å². The van der Waals surface area contributed by atoms with Crippen molar-refractivity contribution in [3.63, 3.8) is 0 Å². The van der Waals surface area contributed by atoms with Crippen molar-refractivity contribution in [1.29, 1.82) is 0 Å². The largest absolute Gasteiger partial charge is 0.477 e. The van der Waals surface area contributed by atoms with Gasteiger partial charge in [0.25, 0.3) is 0 Å². The summed E-state index contributed by atoms with van der Waals surface area (Å²) >= 11 is 4.18. The first-order valence-electron chi connectivity index (χ1n) is 3.70. The first-order chi connectivity index (χ1) is 6.59. The standard InChI is InChI=1S/C9H4BrFO2S/c10-4-1-2-5-6(3-4)14-8(7(5)11)9(12)13/h1-3H,(H,12,13). The second-order valence-corrected chi connectivity index (χ2v) is 4.66. The summed E-state index contributed by atoms with van der Waals surface area (Å²) in [6, 6.07) is 4.96. The molecule has 0 amide bonds. The summed E-state index contributed by atoms with van der Waals surface area (Å²) in [5.74, 6) is -1.87. The molecule has 0 aliphatic rings. The zero-order valence-electron chi connectivity index (χ0n) is 6.75. The molecule has 1 aromatic carbocycles. The maximum atomic E-state index is 13.4. The summed E-state index contributed by atoms with van der Waals surface area (Å²) in [7, 11) is 0. The van der Waals surface area contributed by atoms with Crippen LogP contribution in [-0.4, -0.2) is 11.1 Å². The lowest BCUT2D eigenvalue weighted by atomic mass is 10.2. The Balaban J connectivity index is 2.79. The predicted octanol–water partition coefficient (Wildman–Crippen LogP) is 3.50. The highest BCUT2D eigenvalue weighted by Gasteiger charge is 2.17. The van der Waals surface area contributed by atoms with E-state index in [0.717, 1.165) is 15.8 Å². The summed E-state index contributed by atoms with van der Waals surface area (Å²) in [4.78, 5) is 10.4. The molecule has 72 valence electrons. The molecule has 2 aromatic rings. The van der Waals surface area contributed by atoms with Crippen LogP contribution in [0.2, 0.25) is 0 Å². The number of carbonyl (C=O) groups is 1. The number of thiophene rings is 1. The molecule has 0 spiro atoms. The van der Waals surface area contributed by atoms with E-state index < -0.39 is 11.8 Å². The Morgan fingerprint density at radius 3 is 2.86 bits per heavy atom. The topological polar surface area (TPSA) is 37.3 Å². The van der Waals surface area contributed by atoms with Crippen LogP contribution in [0, 0.1) is 5.82 Å². The molecule has 1 N–H and O–H groups in total. The molecule has 1 heterocycles. The van der Waals surface area contributed by atoms with E-state index in [9.17, 15) is 9.18 Å². The van der Waals surface area contributed by atoms with Crippen LogP contribution < -0.4 is 0 Å². The molecule has 0 atom stereocenters. The second-order valence-electron chi connectivity index (χ2n) is 2.69. The fraction of sp³-hybridized carbons (Fsp3) is 0. The number of halogens is 2. The van der Waals surface area contributed by atoms with Gasteiger partial charge in [0.05, 0.1) is 0 Å². The zero-order valence-corrected chi connectivity index (χ0v) is 9.15. The van der Waals surface area contributed by atoms with E-state index >= 15 is 0 Å². The smallest absolute Gasteiger partial charge is 0.348 e. The predicted molar refractivity (Wildman–Crippen MR) is 56.4 cm³/mol. The minimum absolute atomic E-state index is 0.238. The molecule has 2 rings (SSSR count). The molecule has 0 unspecified atom stereocenters. The van der Waals surface area contributed by atoms with Crippen LogP contribution in [0.5, 0.6) is 0 Å². The fourth-order valence-corrected chi connectivity index (χ4v) is 2.65. The van der Waals surface area contributed by atoms with Crippen LogP contribution >= 0.6 is 27.3 Å². The third-order valence-corrected chi connectivity index (χ3v) is 3.39. The molecule has 1 aromatic heterocycles. The van der Waals surface area contributed by atoms with E-state index in [2.05, 4.69) is 15.9 Å². The number of carboxylic acids is 1. The Morgan fingerprint density at radius 2 is 2.21 bits per heavy atom. The molecule has 5 heteroatoms. The number of rotatable bonds is 1. The molecule has 0 aliphatic carbocycles. The molecule has 0 aliphatic heterocycles. The van der Waals surface area contributed by atoms with Crippen molar-refractivity contribution in [3.8, 4) is 0 Å². The number of hydrogen-bond donors (Lipinski definition) is 1. The first-order valence-corrected chi connectivity index (χ1v) is 5.31. The van der Waals surface area contributed by atoms with Gasteiger partial charge in [0.15, 0.2) is 5.82 Å². The summed E-state index contributed by atoms with van der Waals surface area (Å²) in [6.07, 6.45) is 0. The maximum absolute atomic E-state index is 13.4. The summed E-state index contributed by atoms with van der Waals surface area (Å²) < 4.78 is 14.9. The zero-order chi connectivity index (χ0) is 10.3. The van der Waals surface area contributed by atoms with Crippen molar-refractivity contribution in [2.24, 2.45) is 0 Å². The first kappa shape index (κ1) is 9.61. The van der Waals surface area contributed by atoms with Crippen LogP contribution in [0.3, 0.4) is 0 Å². The summed E-state index contributed by atoms with van der Waals surface area (Å²) in [5, 5.41) is 9.05. The minimum Gasteiger partial charge on any atom is -0.477 e. The Labute approximate surface area is 91.1 Å². The van der Waals surface area contributed by atoms with Crippen molar-refractivity contribution in [3.05, 3.63) is 33.4 Å². The van der Waals surface area contributed by atoms with Gasteiger partial charge < -0.3 is 5.11 Å². The number of fused-ring (bicyclic) bond motifs is 1. The van der Waals surface area contributed by atoms with E-state index in [1.54, 1.807) is 18.2 Å². The van der Waals surface area contributed by atoms with E-state index in [-0.39, 0.29) is 4.88 Å². The Hall–Kier alpha value is -0.940. The number of hydrogen-bond acceptors (Lipinski definition) is 2. The maximum Gasteiger partial charge on any atom is 0.348 e. The van der Waals surface area contributed by atoms with Crippen molar-refractivity contribution in [1.82, 2.24) is 0 Å². The van der Waals surface area contributed by atoms with Gasteiger partial charge >= 0.3 is 5.97 Å². The molecule has 0 saturated carbocycles. The molecule has 0 bridgehead atoms. The fourth-order valence-electron chi connectivity index (χ4n) is 1.18. The van der Waals surface area contributed by atoms with Crippen molar-refractivity contribution in [2.45, 2.75) is 0 Å². The van der Waals surface area contributed by atoms with Gasteiger partial charge in [-0.2, -0.15) is 0 Å². The molecule has 0 radical (unpaired) electrons. The van der Waals surface area contributed by atoms with Gasteiger partial charge in [-0.3, -0.25) is 0 Å². The van der Waals surface area contributed by atoms with E-state index in [1.165, 1.54) is 0 Å². The average Bonchev–Trinajstić information content (AvgIpc) is 2.43. The summed E-state index contributed by atoms with van der Waals surface area (Å²) in [6.45, 7) is 0. The van der Waals surface area contributed by atoms with Crippen molar-refractivity contribution >= 4 is 43.3 Å². The van der Waals surface area contributed by atoms with E-state index in [4.69, 9.17) is 5.11 Å². The van der Waals surface area contributed by atoms with Crippen molar-refractivity contribution in [2.75, 3.05) is 0 Å². The number of aromatic carboxylic acids is 1. The Kier molecular flexibility index (Phi) is 2.28. The van der Waals surface area contributed by atoms with Gasteiger partial charge in [0, 0.05) is 14.6 Å². The molecular weight excluding hydrogens is 271 g/mol. The third kappa shape index (κ3) is 1.42. The normalized spacial score (nSPS) is 10.7. The highest BCUT2D eigenvalue weighted by molar-refractivity contribution is 9.10. The SMILES string of the molecule is O=C(O)c1sc2cc(Br)ccc2c1F. The van der Waals surface area contributed by atoms with Crippen LogP contribution in [-0.2, 0) is 0 Å². The lowest BCUT2D eigenvalue weighted by Crippen LogP contribution is -1.94. The van der Waals surface area contributed by atoms with Crippen LogP contribution in [0.25, 0.3) is 10.1 Å². The van der Waals surface area contributed by atoms with Gasteiger partial charge in [0.2, 0.25) is 0 Å². The Bertz CT molecular complexity index is 521. The second kappa shape index (κ2) is 3.33. The van der Waals surface area contributed by atoms with Gasteiger partial charge in [-0.15, -0.1) is 11.3 Å². The van der Waals surface area contributed by atoms with Crippen LogP contribution in [0.4, 0.5) is 4.39 Å². The van der Waals surface area contributed by atoms with E-state index in [1.807, 2.05) is 0 Å². The monoisotopic (exact) mass is 274 g/mol. The molecule has 0 fully saturated rings. The Morgan fingerprint density at radius 1 is 1.50 bits per heavy atom. The lowest BCUT2D eigenvalue weighted by molar-refractivity contribution is 0.0698. The van der Waals surface area contributed by atoms with Crippen LogP contribution in [0.1, 0.15) is 9.67 Å². The quantitative estimate of drug-likeness (QED) is 0.864. The van der Waals surface area contributed by atoms with Gasteiger partial charge in [0.1, 0.15) is 4.88 Å². The molecule has 0 saturated heterocycles. The third-order valence-electron chi connectivity index (χ3n) is 1.79. The minimum atomic E-state index is -1.22. The molecule has 14 heavy (non-hydrogen) atoms.